The third kappa shape index (κ3) is 3.85. The highest BCUT2D eigenvalue weighted by Crippen LogP contribution is 2.24. The van der Waals surface area contributed by atoms with Gasteiger partial charge in [0.05, 0.1) is 22.9 Å². The van der Waals surface area contributed by atoms with Crippen LogP contribution in [0.15, 0.2) is 72.0 Å². The lowest BCUT2D eigenvalue weighted by Gasteiger charge is -2.16. The van der Waals surface area contributed by atoms with Gasteiger partial charge in [0, 0.05) is 43.6 Å². The van der Waals surface area contributed by atoms with Crippen LogP contribution in [0.3, 0.4) is 0 Å². The van der Waals surface area contributed by atoms with Gasteiger partial charge in [0.15, 0.2) is 0 Å². The number of amides is 1. The maximum atomic E-state index is 13.2. The van der Waals surface area contributed by atoms with Crippen LogP contribution in [-0.4, -0.2) is 37.9 Å². The minimum atomic E-state index is -0.337. The lowest BCUT2D eigenvalue weighted by molar-refractivity contribution is 0.0961. The summed E-state index contributed by atoms with van der Waals surface area (Å²) in [5.41, 5.74) is 2.09. The van der Waals surface area contributed by atoms with E-state index in [1.165, 1.54) is 4.68 Å². The fourth-order valence-electron chi connectivity index (χ4n) is 3.83. The van der Waals surface area contributed by atoms with Crippen molar-refractivity contribution >= 4 is 11.6 Å². The molecule has 8 heteroatoms. The van der Waals surface area contributed by atoms with E-state index < -0.39 is 0 Å². The predicted octanol–water partition coefficient (Wildman–Crippen LogP) is 2.97. The fraction of sp³-hybridized carbons (Fsp3) is 0.217. The average molecular weight is 415 g/mol. The van der Waals surface area contributed by atoms with E-state index in [9.17, 15) is 9.59 Å². The zero-order chi connectivity index (χ0) is 21.2. The topological polar surface area (TPSA) is 91.0 Å². The number of nitrogens with one attached hydrogen (secondary N) is 1. The highest BCUT2D eigenvalue weighted by atomic mass is 16.5. The lowest BCUT2D eigenvalue weighted by Crippen LogP contribution is -2.20. The Morgan fingerprint density at radius 1 is 1.13 bits per heavy atom. The number of hydrogen-bond acceptors (Lipinski definition) is 5. The molecule has 31 heavy (non-hydrogen) atoms. The zero-order valence-corrected chi connectivity index (χ0v) is 16.8. The van der Waals surface area contributed by atoms with Crippen LogP contribution >= 0.6 is 0 Å². The van der Waals surface area contributed by atoms with Crippen LogP contribution in [0.1, 0.15) is 23.2 Å². The van der Waals surface area contributed by atoms with Crippen molar-refractivity contribution in [3.05, 3.63) is 83.2 Å². The molecule has 3 aliphatic rings. The van der Waals surface area contributed by atoms with Crippen molar-refractivity contribution in [2.45, 2.75) is 25.5 Å². The van der Waals surface area contributed by atoms with Gasteiger partial charge in [0.25, 0.3) is 11.5 Å². The van der Waals surface area contributed by atoms with Crippen molar-refractivity contribution in [1.82, 2.24) is 19.3 Å². The third-order valence-electron chi connectivity index (χ3n) is 5.34. The summed E-state index contributed by atoms with van der Waals surface area (Å²) in [7, 11) is 0. The SMILES string of the molecule is O=C(Nc1ccncc1)c1cn(CC2CCCO2)cc2c(=O)n(-c3ccccc3)nc1-2. The number of carbonyl (C=O) groups excluding carboxylic acids is 1. The largest absolute Gasteiger partial charge is 0.376 e. The standard InChI is InChI=1S/C23H21N5O3/c29-22(25-16-8-10-24-11-9-16)19-14-27(13-18-7-4-12-31-18)15-20-21(19)26-28(23(20)30)17-5-2-1-3-6-17/h1-3,5-6,8-11,14-15,18H,4,7,12-13H2,(H,24,25,29). The minimum absolute atomic E-state index is 0.0674. The number of ether oxygens (including phenoxy) is 1. The van der Waals surface area contributed by atoms with Gasteiger partial charge in [-0.15, -0.1) is 0 Å². The molecule has 1 saturated heterocycles. The molecule has 1 N–H and O–H groups in total. The molecule has 0 saturated carbocycles. The normalized spacial score (nSPS) is 15.9. The second-order valence-corrected chi connectivity index (χ2v) is 7.51. The Labute approximate surface area is 178 Å². The first-order valence-corrected chi connectivity index (χ1v) is 10.2. The maximum absolute atomic E-state index is 13.2. The summed E-state index contributed by atoms with van der Waals surface area (Å²) in [6.45, 7) is 1.31. The molecular formula is C23H21N5O3. The van der Waals surface area contributed by atoms with E-state index in [1.54, 1.807) is 36.9 Å². The van der Waals surface area contributed by atoms with Gasteiger partial charge >= 0.3 is 0 Å². The number of para-hydroxylation sites is 1. The van der Waals surface area contributed by atoms with Crippen LogP contribution < -0.4 is 10.9 Å². The second kappa shape index (κ2) is 8.16. The van der Waals surface area contributed by atoms with E-state index in [0.29, 0.717) is 34.7 Å². The summed E-state index contributed by atoms with van der Waals surface area (Å²) in [6, 6.07) is 12.6. The van der Waals surface area contributed by atoms with Crippen molar-refractivity contribution in [2.24, 2.45) is 0 Å². The molecule has 1 aromatic heterocycles. The van der Waals surface area contributed by atoms with E-state index in [1.807, 2.05) is 34.9 Å². The van der Waals surface area contributed by atoms with E-state index in [4.69, 9.17) is 4.74 Å². The first kappa shape index (κ1) is 19.2. The van der Waals surface area contributed by atoms with E-state index >= 15 is 0 Å². The Balaban J connectivity index is 1.60. The number of rotatable bonds is 5. The first-order valence-electron chi connectivity index (χ1n) is 10.2. The molecule has 0 radical (unpaired) electrons. The summed E-state index contributed by atoms with van der Waals surface area (Å²) in [5, 5.41) is 7.37. The molecule has 0 spiro atoms. The highest BCUT2D eigenvalue weighted by molar-refractivity contribution is 6.08. The van der Waals surface area contributed by atoms with Crippen molar-refractivity contribution in [3.63, 3.8) is 0 Å². The fourth-order valence-corrected chi connectivity index (χ4v) is 3.83. The number of nitrogens with zero attached hydrogens (tertiary/aromatic N) is 4. The van der Waals surface area contributed by atoms with Crippen LogP contribution in [0.25, 0.3) is 16.9 Å². The van der Waals surface area contributed by atoms with Gasteiger partial charge in [-0.2, -0.15) is 9.78 Å². The van der Waals surface area contributed by atoms with Crippen LogP contribution in [0.4, 0.5) is 5.69 Å². The van der Waals surface area contributed by atoms with E-state index in [0.717, 1.165) is 19.4 Å². The summed E-state index contributed by atoms with van der Waals surface area (Å²) in [4.78, 5) is 30.3. The van der Waals surface area contributed by atoms with E-state index in [-0.39, 0.29) is 17.6 Å². The van der Waals surface area contributed by atoms with Crippen LogP contribution in [0.2, 0.25) is 0 Å². The van der Waals surface area contributed by atoms with Gasteiger partial charge in [-0.05, 0) is 37.1 Å². The number of fused-ring (bicyclic) bond motifs is 1. The molecule has 8 nitrogen and oxygen atoms in total. The van der Waals surface area contributed by atoms with Crippen LogP contribution in [-0.2, 0) is 11.3 Å². The zero-order valence-electron chi connectivity index (χ0n) is 16.8. The van der Waals surface area contributed by atoms with Gasteiger partial charge < -0.3 is 14.6 Å². The molecule has 1 unspecified atom stereocenters. The molecule has 1 atom stereocenters. The molecule has 3 aliphatic heterocycles. The molecule has 2 aromatic rings. The maximum Gasteiger partial charge on any atom is 0.282 e. The summed E-state index contributed by atoms with van der Waals surface area (Å²) >= 11 is 0. The van der Waals surface area contributed by atoms with E-state index in [2.05, 4.69) is 15.4 Å². The number of carbonyl (C=O) groups is 1. The Morgan fingerprint density at radius 3 is 2.68 bits per heavy atom. The van der Waals surface area contributed by atoms with Gasteiger partial charge in [0.1, 0.15) is 5.69 Å². The molecule has 156 valence electrons. The Hall–Kier alpha value is -3.78. The van der Waals surface area contributed by atoms with Crippen molar-refractivity contribution in [3.8, 4) is 16.9 Å². The van der Waals surface area contributed by atoms with Crippen molar-refractivity contribution < 1.29 is 9.53 Å². The van der Waals surface area contributed by atoms with Crippen molar-refractivity contribution in [2.75, 3.05) is 11.9 Å². The Kier molecular flexibility index (Phi) is 5.05. The van der Waals surface area contributed by atoms with Gasteiger partial charge in [-0.1, -0.05) is 18.2 Å². The molecule has 0 bridgehead atoms. The third-order valence-corrected chi connectivity index (χ3v) is 5.34. The molecule has 1 aromatic carbocycles. The average Bonchev–Trinajstić information content (AvgIpc) is 3.43. The summed E-state index contributed by atoms with van der Waals surface area (Å²) < 4.78 is 8.94. The first-order chi connectivity index (χ1) is 15.2. The Morgan fingerprint density at radius 2 is 1.94 bits per heavy atom. The smallest absolute Gasteiger partial charge is 0.282 e. The van der Waals surface area contributed by atoms with Gasteiger partial charge in [-0.25, -0.2) is 0 Å². The monoisotopic (exact) mass is 415 g/mol. The highest BCUT2D eigenvalue weighted by Gasteiger charge is 2.26. The number of aromatic nitrogens is 4. The Bertz CT molecular complexity index is 1230. The molecule has 1 fully saturated rings. The van der Waals surface area contributed by atoms with Crippen LogP contribution in [0, 0.1) is 0 Å². The summed E-state index contributed by atoms with van der Waals surface area (Å²) in [5.74, 6) is -0.337. The number of anilines is 1. The molecule has 4 heterocycles. The summed E-state index contributed by atoms with van der Waals surface area (Å²) in [6.07, 6.45) is 8.75. The second-order valence-electron chi connectivity index (χ2n) is 7.51. The van der Waals surface area contributed by atoms with Crippen LogP contribution in [0.5, 0.6) is 0 Å². The molecule has 0 aliphatic carbocycles. The minimum Gasteiger partial charge on any atom is -0.376 e. The number of pyridine rings is 2. The predicted molar refractivity (Wildman–Crippen MR) is 116 cm³/mol. The molecule has 1 amide bonds. The van der Waals surface area contributed by atoms with Gasteiger partial charge in [0.2, 0.25) is 0 Å². The number of hydrogen-bond donors (Lipinski definition) is 1. The quantitative estimate of drug-likeness (QED) is 0.541. The number of benzene rings is 1. The van der Waals surface area contributed by atoms with Gasteiger partial charge in [-0.3, -0.25) is 14.6 Å². The lowest BCUT2D eigenvalue weighted by atomic mass is 10.1. The molecule has 5 rings (SSSR count). The molecular weight excluding hydrogens is 394 g/mol. The van der Waals surface area contributed by atoms with Crippen molar-refractivity contribution in [1.29, 1.82) is 0 Å².